The van der Waals surface area contributed by atoms with Crippen LogP contribution in [0.1, 0.15) is 11.7 Å². The van der Waals surface area contributed by atoms with Gasteiger partial charge in [-0.15, -0.1) is 0 Å². The zero-order chi connectivity index (χ0) is 15.8. The first-order valence-electron chi connectivity index (χ1n) is 6.85. The molecule has 0 saturated heterocycles. The smallest absolute Gasteiger partial charge is 0.310 e. The maximum absolute atomic E-state index is 10.8. The zero-order valence-corrected chi connectivity index (χ0v) is 12.7. The third kappa shape index (κ3) is 4.75. The number of nitro groups is 1. The number of hydrogen-bond donors (Lipinski definition) is 1. The molecular weight excluding hydrogens is 302 g/mol. The summed E-state index contributed by atoms with van der Waals surface area (Å²) in [5.74, 6) is 1.48. The third-order valence-electron chi connectivity index (χ3n) is 3.01. The van der Waals surface area contributed by atoms with Crippen LogP contribution in [0.25, 0.3) is 0 Å². The maximum Gasteiger partial charge on any atom is 0.310 e. The van der Waals surface area contributed by atoms with Crippen LogP contribution in [0.3, 0.4) is 0 Å². The molecule has 0 heterocycles. The van der Waals surface area contributed by atoms with E-state index in [1.165, 1.54) is 6.07 Å². The summed E-state index contributed by atoms with van der Waals surface area (Å²) in [5.41, 5.74) is 0.853. The van der Waals surface area contributed by atoms with Gasteiger partial charge < -0.3 is 9.84 Å². The van der Waals surface area contributed by atoms with Gasteiger partial charge in [-0.25, -0.2) is 0 Å². The summed E-state index contributed by atoms with van der Waals surface area (Å²) in [6, 6.07) is 15.8. The Kier molecular flexibility index (Phi) is 6.24. The zero-order valence-electron chi connectivity index (χ0n) is 11.9. The number of rotatable bonds is 8. The first kappa shape index (κ1) is 16.3. The van der Waals surface area contributed by atoms with Gasteiger partial charge in [0.1, 0.15) is 0 Å². The second kappa shape index (κ2) is 8.41. The number of nitro benzene ring substituents is 1. The van der Waals surface area contributed by atoms with Crippen molar-refractivity contribution in [3.05, 3.63) is 70.3 Å². The van der Waals surface area contributed by atoms with Gasteiger partial charge in [-0.2, -0.15) is 11.8 Å². The molecule has 5 nitrogen and oxygen atoms in total. The molecule has 2 rings (SSSR count). The van der Waals surface area contributed by atoms with Crippen LogP contribution < -0.4 is 4.74 Å². The second-order valence-corrected chi connectivity index (χ2v) is 5.72. The van der Waals surface area contributed by atoms with Crippen molar-refractivity contribution >= 4 is 17.4 Å². The van der Waals surface area contributed by atoms with Gasteiger partial charge in [-0.05, 0) is 11.6 Å². The van der Waals surface area contributed by atoms with Crippen LogP contribution in [0.4, 0.5) is 5.69 Å². The Balaban J connectivity index is 1.73. The molecule has 0 aliphatic carbocycles. The van der Waals surface area contributed by atoms with E-state index in [9.17, 15) is 15.2 Å². The van der Waals surface area contributed by atoms with Crippen molar-refractivity contribution in [3.63, 3.8) is 0 Å². The highest BCUT2D eigenvalue weighted by atomic mass is 32.2. The number of aliphatic hydroxyl groups is 1. The molecule has 0 saturated carbocycles. The van der Waals surface area contributed by atoms with Crippen molar-refractivity contribution in [2.24, 2.45) is 0 Å². The van der Waals surface area contributed by atoms with Crippen molar-refractivity contribution < 1.29 is 14.8 Å². The summed E-state index contributed by atoms with van der Waals surface area (Å²) >= 11 is 1.54. The molecular formula is C16H17NO4S. The van der Waals surface area contributed by atoms with Gasteiger partial charge in [-0.3, -0.25) is 10.1 Å². The van der Waals surface area contributed by atoms with E-state index in [1.54, 1.807) is 30.0 Å². The summed E-state index contributed by atoms with van der Waals surface area (Å²) in [7, 11) is 0. The number of para-hydroxylation sites is 2. The van der Waals surface area contributed by atoms with Gasteiger partial charge >= 0.3 is 5.69 Å². The van der Waals surface area contributed by atoms with Crippen LogP contribution >= 0.6 is 11.8 Å². The summed E-state index contributed by atoms with van der Waals surface area (Å²) in [4.78, 5) is 10.4. The highest BCUT2D eigenvalue weighted by Gasteiger charge is 2.13. The minimum absolute atomic E-state index is 0.0307. The summed E-state index contributed by atoms with van der Waals surface area (Å²) in [5, 5.41) is 20.8. The summed E-state index contributed by atoms with van der Waals surface area (Å²) in [6.07, 6.45) is -0.516. The van der Waals surface area contributed by atoms with E-state index in [1.807, 2.05) is 30.3 Å². The average molecular weight is 319 g/mol. The number of benzene rings is 2. The van der Waals surface area contributed by atoms with Crippen LogP contribution in [0.2, 0.25) is 0 Å². The maximum atomic E-state index is 10.8. The molecule has 6 heteroatoms. The molecule has 0 aromatic heterocycles. The summed E-state index contributed by atoms with van der Waals surface area (Å²) in [6.45, 7) is 0.358. The van der Waals surface area contributed by atoms with Crippen molar-refractivity contribution in [1.82, 2.24) is 0 Å². The van der Waals surface area contributed by atoms with Crippen LogP contribution in [-0.2, 0) is 0 Å². The van der Waals surface area contributed by atoms with Crippen molar-refractivity contribution in [2.45, 2.75) is 6.10 Å². The van der Waals surface area contributed by atoms with E-state index in [0.717, 1.165) is 5.56 Å². The van der Waals surface area contributed by atoms with Gasteiger partial charge in [0.05, 0.1) is 17.6 Å². The predicted octanol–water partition coefficient (Wildman–Crippen LogP) is 3.44. The molecule has 0 amide bonds. The second-order valence-electron chi connectivity index (χ2n) is 4.57. The number of aliphatic hydroxyl groups excluding tert-OH is 1. The fourth-order valence-electron chi connectivity index (χ4n) is 1.91. The Labute approximate surface area is 133 Å². The lowest BCUT2D eigenvalue weighted by Gasteiger charge is -2.11. The molecule has 0 bridgehead atoms. The predicted molar refractivity (Wildman–Crippen MR) is 87.3 cm³/mol. The van der Waals surface area contributed by atoms with Gasteiger partial charge in [0.25, 0.3) is 0 Å². The number of ether oxygens (including phenoxy) is 1. The van der Waals surface area contributed by atoms with Gasteiger partial charge in [-0.1, -0.05) is 42.5 Å². The molecule has 0 radical (unpaired) electrons. The highest BCUT2D eigenvalue weighted by Crippen LogP contribution is 2.26. The lowest BCUT2D eigenvalue weighted by Crippen LogP contribution is -2.06. The lowest BCUT2D eigenvalue weighted by atomic mass is 10.1. The van der Waals surface area contributed by atoms with Gasteiger partial charge in [0.15, 0.2) is 5.75 Å². The van der Waals surface area contributed by atoms with E-state index >= 15 is 0 Å². The molecule has 0 aliphatic rings. The third-order valence-corrected chi connectivity index (χ3v) is 4.01. The summed E-state index contributed by atoms with van der Waals surface area (Å²) < 4.78 is 5.44. The van der Waals surface area contributed by atoms with E-state index in [0.29, 0.717) is 18.1 Å². The highest BCUT2D eigenvalue weighted by molar-refractivity contribution is 7.99. The van der Waals surface area contributed by atoms with Crippen molar-refractivity contribution in [1.29, 1.82) is 0 Å². The van der Waals surface area contributed by atoms with Crippen LogP contribution in [-0.4, -0.2) is 28.1 Å². The van der Waals surface area contributed by atoms with Crippen LogP contribution in [0, 0.1) is 10.1 Å². The fourth-order valence-corrected chi connectivity index (χ4v) is 2.69. The molecule has 0 fully saturated rings. The molecule has 0 aliphatic heterocycles. The SMILES string of the molecule is O=[N+]([O-])c1ccccc1OCCSCC(O)c1ccccc1. The molecule has 0 spiro atoms. The Bertz CT molecular complexity index is 606. The quantitative estimate of drug-likeness (QED) is 0.458. The first-order valence-corrected chi connectivity index (χ1v) is 8.01. The van der Waals surface area contributed by atoms with E-state index in [-0.39, 0.29) is 11.4 Å². The first-order chi connectivity index (χ1) is 10.7. The minimum Gasteiger partial charge on any atom is -0.486 e. The normalized spacial score (nSPS) is 11.9. The van der Waals surface area contributed by atoms with E-state index in [2.05, 4.69) is 0 Å². The topological polar surface area (TPSA) is 72.6 Å². The van der Waals surface area contributed by atoms with Gasteiger partial charge in [0.2, 0.25) is 0 Å². The van der Waals surface area contributed by atoms with Gasteiger partial charge in [0, 0.05) is 17.6 Å². The lowest BCUT2D eigenvalue weighted by molar-refractivity contribution is -0.385. The largest absolute Gasteiger partial charge is 0.486 e. The minimum atomic E-state index is -0.516. The molecule has 2 aromatic carbocycles. The van der Waals surface area contributed by atoms with Crippen LogP contribution in [0.5, 0.6) is 5.75 Å². The molecule has 116 valence electrons. The molecule has 2 aromatic rings. The molecule has 1 N–H and O–H groups in total. The number of thioether (sulfide) groups is 1. The van der Waals surface area contributed by atoms with Crippen molar-refractivity contribution in [2.75, 3.05) is 18.1 Å². The standard InChI is InChI=1S/C16H17NO4S/c18-15(13-6-2-1-3-7-13)12-22-11-10-21-16-9-5-4-8-14(16)17(19)20/h1-9,15,18H,10-12H2. The van der Waals surface area contributed by atoms with E-state index in [4.69, 9.17) is 4.74 Å². The van der Waals surface area contributed by atoms with Crippen molar-refractivity contribution in [3.8, 4) is 5.75 Å². The van der Waals surface area contributed by atoms with Crippen LogP contribution in [0.15, 0.2) is 54.6 Å². The molecule has 1 unspecified atom stereocenters. The molecule has 1 atom stereocenters. The monoisotopic (exact) mass is 319 g/mol. The fraction of sp³-hybridized carbons (Fsp3) is 0.250. The Morgan fingerprint density at radius 2 is 1.82 bits per heavy atom. The average Bonchev–Trinajstić information content (AvgIpc) is 2.55. The Morgan fingerprint density at radius 1 is 1.14 bits per heavy atom. The molecule has 22 heavy (non-hydrogen) atoms. The number of hydrogen-bond acceptors (Lipinski definition) is 5. The Morgan fingerprint density at radius 3 is 2.55 bits per heavy atom. The Hall–Kier alpha value is -2.05. The van der Waals surface area contributed by atoms with E-state index < -0.39 is 11.0 Å². The number of nitrogens with zero attached hydrogens (tertiary/aromatic N) is 1.